The van der Waals surface area contributed by atoms with Crippen LogP contribution in [-0.4, -0.2) is 68.8 Å². The third-order valence-corrected chi connectivity index (χ3v) is 5.88. The van der Waals surface area contributed by atoms with Crippen LogP contribution in [0.3, 0.4) is 0 Å². The summed E-state index contributed by atoms with van der Waals surface area (Å²) in [6.45, 7) is 4.76. The fourth-order valence-corrected chi connectivity index (χ4v) is 4.09. The van der Waals surface area contributed by atoms with Crippen molar-refractivity contribution in [2.75, 3.05) is 46.9 Å². The highest BCUT2D eigenvalue weighted by atomic mass is 16.5. The minimum Gasteiger partial charge on any atom is -0.497 e. The van der Waals surface area contributed by atoms with Crippen molar-refractivity contribution in [3.8, 4) is 5.75 Å². The lowest BCUT2D eigenvalue weighted by atomic mass is 9.96. The van der Waals surface area contributed by atoms with E-state index in [1.54, 1.807) is 7.11 Å². The van der Waals surface area contributed by atoms with E-state index < -0.39 is 0 Å². The number of carbonyl (C=O) groups excluding carboxylic acids is 1. The van der Waals surface area contributed by atoms with Crippen molar-refractivity contribution in [1.29, 1.82) is 0 Å². The average molecular weight is 375 g/mol. The van der Waals surface area contributed by atoms with Gasteiger partial charge in [0, 0.05) is 38.8 Å². The zero-order valence-electron chi connectivity index (χ0n) is 16.7. The van der Waals surface area contributed by atoms with E-state index in [2.05, 4.69) is 39.6 Å². The Bertz CT molecular complexity index is 578. The molecule has 1 heterocycles. The second kappa shape index (κ2) is 9.95. The molecular weight excluding hydrogens is 340 g/mol. The van der Waals surface area contributed by atoms with Crippen LogP contribution in [0.2, 0.25) is 0 Å². The largest absolute Gasteiger partial charge is 0.497 e. The first-order valence-electron chi connectivity index (χ1n) is 10.3. The molecule has 1 aliphatic heterocycles. The normalized spacial score (nSPS) is 20.8. The zero-order chi connectivity index (χ0) is 19.1. The molecule has 2 fully saturated rings. The quantitative estimate of drug-likeness (QED) is 0.804. The fraction of sp³-hybridized carbons (Fsp3) is 0.667. The summed E-state index contributed by atoms with van der Waals surface area (Å²) in [5.74, 6) is 0.860. The third-order valence-electron chi connectivity index (χ3n) is 5.88. The van der Waals surface area contributed by atoms with Gasteiger partial charge in [-0.2, -0.15) is 0 Å². The van der Waals surface area contributed by atoms with E-state index in [1.165, 1.54) is 24.8 Å². The number of methoxy groups -OCH3 is 1. The predicted octanol–water partition coefficient (Wildman–Crippen LogP) is 2.62. The first-order valence-corrected chi connectivity index (χ1v) is 10.3. The first-order chi connectivity index (χ1) is 13.2. The molecule has 0 radical (unpaired) electrons. The SMILES string of the molecule is COc1ccc([C@@H](CNC(=O)NC2CCCCC2)N2CCN(C)CC2)cc1. The molecule has 1 saturated heterocycles. The Balaban J connectivity index is 1.60. The van der Waals surface area contributed by atoms with Crippen LogP contribution < -0.4 is 15.4 Å². The van der Waals surface area contributed by atoms with Gasteiger partial charge < -0.3 is 20.3 Å². The standard InChI is InChI=1S/C21H34N4O2/c1-24-12-14-25(15-13-24)20(17-8-10-19(27-2)11-9-17)16-22-21(26)23-18-6-4-3-5-7-18/h8-11,18,20H,3-7,12-16H2,1-2H3,(H2,22,23,26)/t20-/m1/s1. The Labute approximate surface area is 163 Å². The maximum absolute atomic E-state index is 12.4. The van der Waals surface area contributed by atoms with Crippen molar-refractivity contribution in [3.63, 3.8) is 0 Å². The Morgan fingerprint density at radius 2 is 1.78 bits per heavy atom. The fourth-order valence-electron chi connectivity index (χ4n) is 4.09. The first kappa shape index (κ1) is 20.0. The predicted molar refractivity (Wildman–Crippen MR) is 108 cm³/mol. The van der Waals surface area contributed by atoms with Crippen LogP contribution >= 0.6 is 0 Å². The van der Waals surface area contributed by atoms with E-state index in [1.807, 2.05) is 12.1 Å². The Morgan fingerprint density at radius 1 is 1.11 bits per heavy atom. The highest BCUT2D eigenvalue weighted by Gasteiger charge is 2.25. The van der Waals surface area contributed by atoms with Gasteiger partial charge in [0.15, 0.2) is 0 Å². The summed E-state index contributed by atoms with van der Waals surface area (Å²) < 4.78 is 5.29. The van der Waals surface area contributed by atoms with Crippen molar-refractivity contribution in [3.05, 3.63) is 29.8 Å². The molecule has 2 aliphatic rings. The van der Waals surface area contributed by atoms with Crippen molar-refractivity contribution in [2.45, 2.75) is 44.2 Å². The van der Waals surface area contributed by atoms with Crippen LogP contribution in [0.5, 0.6) is 5.75 Å². The van der Waals surface area contributed by atoms with E-state index in [4.69, 9.17) is 4.74 Å². The molecule has 3 rings (SSSR count). The number of likely N-dealkylation sites (N-methyl/N-ethyl adjacent to an activating group) is 1. The number of piperazine rings is 1. The number of hydrogen-bond donors (Lipinski definition) is 2. The molecule has 1 atom stereocenters. The van der Waals surface area contributed by atoms with Crippen LogP contribution in [0.1, 0.15) is 43.7 Å². The molecule has 0 spiro atoms. The highest BCUT2D eigenvalue weighted by Crippen LogP contribution is 2.24. The summed E-state index contributed by atoms with van der Waals surface area (Å²) >= 11 is 0. The van der Waals surface area contributed by atoms with Crippen LogP contribution in [0.25, 0.3) is 0 Å². The molecule has 6 nitrogen and oxygen atoms in total. The number of hydrogen-bond acceptors (Lipinski definition) is 4. The number of nitrogens with one attached hydrogen (secondary N) is 2. The number of amides is 2. The molecule has 0 unspecified atom stereocenters. The molecule has 6 heteroatoms. The van der Waals surface area contributed by atoms with Gasteiger partial charge in [0.05, 0.1) is 13.2 Å². The van der Waals surface area contributed by atoms with Gasteiger partial charge in [-0.15, -0.1) is 0 Å². The van der Waals surface area contributed by atoms with Gasteiger partial charge >= 0.3 is 6.03 Å². The summed E-state index contributed by atoms with van der Waals surface area (Å²) in [4.78, 5) is 17.2. The van der Waals surface area contributed by atoms with Crippen molar-refractivity contribution in [2.24, 2.45) is 0 Å². The molecule has 2 N–H and O–H groups in total. The minimum atomic E-state index is -0.0328. The smallest absolute Gasteiger partial charge is 0.315 e. The van der Waals surface area contributed by atoms with Crippen LogP contribution in [0.15, 0.2) is 24.3 Å². The topological polar surface area (TPSA) is 56.8 Å². The molecule has 1 aliphatic carbocycles. The molecule has 150 valence electrons. The summed E-state index contributed by atoms with van der Waals surface area (Å²) in [7, 11) is 3.85. The van der Waals surface area contributed by atoms with E-state index >= 15 is 0 Å². The maximum Gasteiger partial charge on any atom is 0.315 e. The highest BCUT2D eigenvalue weighted by molar-refractivity contribution is 5.74. The molecule has 1 aromatic carbocycles. The molecule has 1 saturated carbocycles. The molecular formula is C21H34N4O2. The van der Waals surface area contributed by atoms with E-state index in [-0.39, 0.29) is 12.1 Å². The molecule has 1 aromatic rings. The van der Waals surface area contributed by atoms with Crippen LogP contribution in [-0.2, 0) is 0 Å². The zero-order valence-corrected chi connectivity index (χ0v) is 16.7. The minimum absolute atomic E-state index is 0.0328. The monoisotopic (exact) mass is 374 g/mol. The number of urea groups is 1. The summed E-state index contributed by atoms with van der Waals surface area (Å²) in [5, 5.41) is 6.29. The summed E-state index contributed by atoms with van der Waals surface area (Å²) in [5.41, 5.74) is 1.22. The maximum atomic E-state index is 12.4. The van der Waals surface area contributed by atoms with Gasteiger partial charge in [0.1, 0.15) is 5.75 Å². The average Bonchev–Trinajstić information content (AvgIpc) is 2.70. The van der Waals surface area contributed by atoms with Crippen LogP contribution in [0.4, 0.5) is 4.79 Å². The Kier molecular flexibility index (Phi) is 7.35. The molecule has 0 bridgehead atoms. The number of nitrogens with zero attached hydrogens (tertiary/aromatic N) is 2. The second-order valence-corrected chi connectivity index (χ2v) is 7.82. The third kappa shape index (κ3) is 5.84. The number of rotatable bonds is 6. The summed E-state index contributed by atoms with van der Waals surface area (Å²) in [6.07, 6.45) is 5.95. The van der Waals surface area contributed by atoms with Gasteiger partial charge in [-0.25, -0.2) is 4.79 Å². The van der Waals surface area contributed by atoms with E-state index in [0.29, 0.717) is 12.6 Å². The molecule has 0 aromatic heterocycles. The number of benzene rings is 1. The van der Waals surface area contributed by atoms with Gasteiger partial charge in [-0.05, 0) is 37.6 Å². The lowest BCUT2D eigenvalue weighted by molar-refractivity contribution is 0.111. The van der Waals surface area contributed by atoms with Crippen LogP contribution in [0, 0.1) is 0 Å². The number of ether oxygens (including phenoxy) is 1. The van der Waals surface area contributed by atoms with E-state index in [0.717, 1.165) is 44.8 Å². The molecule has 27 heavy (non-hydrogen) atoms. The van der Waals surface area contributed by atoms with Crippen molar-refractivity contribution >= 4 is 6.03 Å². The van der Waals surface area contributed by atoms with Gasteiger partial charge in [-0.3, -0.25) is 4.90 Å². The van der Waals surface area contributed by atoms with Crippen molar-refractivity contribution < 1.29 is 9.53 Å². The Morgan fingerprint density at radius 3 is 2.41 bits per heavy atom. The van der Waals surface area contributed by atoms with Gasteiger partial charge in [0.25, 0.3) is 0 Å². The van der Waals surface area contributed by atoms with Crippen molar-refractivity contribution in [1.82, 2.24) is 20.4 Å². The van der Waals surface area contributed by atoms with E-state index in [9.17, 15) is 4.79 Å². The summed E-state index contributed by atoms with van der Waals surface area (Å²) in [6, 6.07) is 8.71. The number of carbonyl (C=O) groups is 1. The second-order valence-electron chi connectivity index (χ2n) is 7.82. The lowest BCUT2D eigenvalue weighted by Gasteiger charge is -2.38. The van der Waals surface area contributed by atoms with Gasteiger partial charge in [0.2, 0.25) is 0 Å². The lowest BCUT2D eigenvalue weighted by Crippen LogP contribution is -2.50. The van der Waals surface area contributed by atoms with Gasteiger partial charge in [-0.1, -0.05) is 31.4 Å². The Hall–Kier alpha value is -1.79. The molecule has 2 amide bonds.